The van der Waals surface area contributed by atoms with Gasteiger partial charge in [-0.25, -0.2) is 0 Å². The van der Waals surface area contributed by atoms with E-state index in [1.807, 2.05) is 65.0 Å². The Bertz CT molecular complexity index is 2680. The largest absolute Gasteiger partial charge is 0.354 e. The Morgan fingerprint density at radius 3 is 2.14 bits per heavy atom. The lowest BCUT2D eigenvalue weighted by molar-refractivity contribution is -0.384. The number of nitrogens with one attached hydrogen (secondary N) is 1. The van der Waals surface area contributed by atoms with Crippen molar-refractivity contribution in [2.75, 3.05) is 31.1 Å². The van der Waals surface area contributed by atoms with Gasteiger partial charge in [0.25, 0.3) is 37.7 Å². The molecule has 2 heterocycles. The Kier molecular flexibility index (Phi) is 16.0. The molecule has 0 spiro atoms. The molecule has 0 saturated carbocycles. The van der Waals surface area contributed by atoms with E-state index >= 15 is 0 Å². The molecule has 3 N–H and O–H groups in total. The number of aryl methyl sites for hydroxylation is 2. The second-order valence-electron chi connectivity index (χ2n) is 16.9. The van der Waals surface area contributed by atoms with Crippen LogP contribution in [0.2, 0.25) is 0 Å². The van der Waals surface area contributed by atoms with E-state index < -0.39 is 47.8 Å². The van der Waals surface area contributed by atoms with Gasteiger partial charge in [-0.1, -0.05) is 70.5 Å². The standard InChI is InChI=1S/C47H55N5O11S2/c1-33-17-22-36(64(58,59)60)31-38(33)46(2,3)41(48-27-12-13-34-18-20-35(21-19-34)52(56)57)14-8-6-9-15-42-47(4,5)39-32-37(65(61,62)63)23-24-40(39)50(42)29-11-7-10-16-43(53)49-28-30-51-44(54)25-26-45(51)55/h6,8-9,14-15,17-26,31-32H,7,10-13,16,27-30H2,1-5H3,(H,49,53)(H,58,59,60)(H,61,62,63)/b9-6+,14-8+,42-15+,48-41?. The summed E-state index contributed by atoms with van der Waals surface area (Å²) in [6, 6.07) is 15.3. The number of nitro benzene ring substituents is 1. The van der Waals surface area contributed by atoms with Crippen LogP contribution in [0.5, 0.6) is 0 Å². The molecule has 2 aliphatic rings. The Hall–Kier alpha value is -6.08. The molecule has 5 rings (SSSR count). The molecular formula is C47H55N5O11S2. The number of amides is 3. The first-order valence-electron chi connectivity index (χ1n) is 21.1. The molecule has 0 saturated heterocycles. The Morgan fingerprint density at radius 2 is 1.49 bits per heavy atom. The van der Waals surface area contributed by atoms with Crippen molar-refractivity contribution in [3.8, 4) is 0 Å². The second-order valence-corrected chi connectivity index (χ2v) is 19.8. The van der Waals surface area contributed by atoms with Gasteiger partial charge in [0.2, 0.25) is 5.91 Å². The summed E-state index contributed by atoms with van der Waals surface area (Å²) in [5.41, 5.74) is 3.83. The Morgan fingerprint density at radius 1 is 0.846 bits per heavy atom. The van der Waals surface area contributed by atoms with Gasteiger partial charge in [-0.2, -0.15) is 16.8 Å². The lowest BCUT2D eigenvalue weighted by Crippen LogP contribution is -2.38. The summed E-state index contributed by atoms with van der Waals surface area (Å²) in [6.45, 7) is 10.8. The predicted octanol–water partition coefficient (Wildman–Crippen LogP) is 7.14. The fourth-order valence-corrected chi connectivity index (χ4v) is 9.00. The molecule has 0 atom stereocenters. The highest BCUT2D eigenvalue weighted by atomic mass is 32.2. The van der Waals surface area contributed by atoms with Crippen LogP contribution < -0.4 is 10.2 Å². The fraction of sp³-hybridized carbons (Fsp3) is 0.362. The van der Waals surface area contributed by atoms with Crippen molar-refractivity contribution in [3.05, 3.63) is 141 Å². The van der Waals surface area contributed by atoms with Crippen molar-refractivity contribution in [2.24, 2.45) is 4.99 Å². The van der Waals surface area contributed by atoms with Gasteiger partial charge in [-0.3, -0.25) is 43.5 Å². The lowest BCUT2D eigenvalue weighted by atomic mass is 9.77. The molecule has 3 amide bonds. The molecule has 346 valence electrons. The van der Waals surface area contributed by atoms with E-state index in [-0.39, 0.29) is 40.9 Å². The summed E-state index contributed by atoms with van der Waals surface area (Å²) in [5.74, 6) is -1.01. The first-order chi connectivity index (χ1) is 30.5. The highest BCUT2D eigenvalue weighted by Gasteiger charge is 2.40. The summed E-state index contributed by atoms with van der Waals surface area (Å²) in [6.07, 6.45) is 15.1. The summed E-state index contributed by atoms with van der Waals surface area (Å²) in [7, 11) is -8.96. The van der Waals surface area contributed by atoms with Gasteiger partial charge in [-0.15, -0.1) is 0 Å². The number of hydrogen-bond acceptors (Lipinski definition) is 11. The number of benzene rings is 3. The van der Waals surface area contributed by atoms with Crippen LogP contribution in [-0.4, -0.2) is 85.4 Å². The van der Waals surface area contributed by atoms with Crippen LogP contribution in [-0.2, 0) is 51.9 Å². The summed E-state index contributed by atoms with van der Waals surface area (Å²) in [4.78, 5) is 54.3. The SMILES string of the molecule is Cc1ccc(S(=O)(=O)O)cc1C(C)(C)C(/C=C/C=C/C=C1/N(CCCCCC(=O)NCCN2C(=O)C=CC2=O)c2ccc(S(=O)(=O)O)cc2C1(C)C)=NCCCc1ccc([N+](=O)[O-])cc1. The molecule has 18 heteroatoms. The number of imide groups is 1. The third-order valence-corrected chi connectivity index (χ3v) is 13.3. The number of rotatable bonds is 21. The van der Waals surface area contributed by atoms with Gasteiger partial charge in [0.1, 0.15) is 0 Å². The zero-order chi connectivity index (χ0) is 47.7. The first-order valence-corrected chi connectivity index (χ1v) is 24.0. The quantitative estimate of drug-likeness (QED) is 0.0184. The third-order valence-electron chi connectivity index (χ3n) is 11.6. The van der Waals surface area contributed by atoms with Crippen molar-refractivity contribution >= 4 is 55.0 Å². The van der Waals surface area contributed by atoms with Crippen LogP contribution in [0.3, 0.4) is 0 Å². The average molecular weight is 930 g/mol. The fourth-order valence-electron chi connectivity index (χ4n) is 7.99. The number of hydrogen-bond donors (Lipinski definition) is 3. The second kappa shape index (κ2) is 20.8. The molecule has 65 heavy (non-hydrogen) atoms. The number of nitrogens with zero attached hydrogens (tertiary/aromatic N) is 4. The number of fused-ring (bicyclic) bond motifs is 1. The zero-order valence-corrected chi connectivity index (χ0v) is 38.7. The number of aliphatic imine (C=N–C) groups is 1. The van der Waals surface area contributed by atoms with Crippen LogP contribution in [0, 0.1) is 17.0 Å². The maximum Gasteiger partial charge on any atom is 0.294 e. The third kappa shape index (κ3) is 12.6. The van der Waals surface area contributed by atoms with Crippen molar-refractivity contribution in [1.82, 2.24) is 10.2 Å². The number of nitro groups is 1. The van der Waals surface area contributed by atoms with E-state index in [1.54, 1.807) is 24.3 Å². The van der Waals surface area contributed by atoms with Crippen LogP contribution >= 0.6 is 0 Å². The predicted molar refractivity (Wildman–Crippen MR) is 248 cm³/mol. The Labute approximate surface area is 380 Å². The molecular weight excluding hydrogens is 875 g/mol. The molecule has 0 aromatic heterocycles. The smallest absolute Gasteiger partial charge is 0.294 e. The molecule has 0 unspecified atom stereocenters. The van der Waals surface area contributed by atoms with E-state index in [0.29, 0.717) is 62.0 Å². The number of allylic oxidation sites excluding steroid dienone is 6. The number of non-ortho nitro benzene ring substituents is 1. The van der Waals surface area contributed by atoms with E-state index in [0.717, 1.165) is 27.4 Å². The van der Waals surface area contributed by atoms with Crippen LogP contribution in [0.15, 0.2) is 124 Å². The minimum Gasteiger partial charge on any atom is -0.354 e. The van der Waals surface area contributed by atoms with Gasteiger partial charge in [0.15, 0.2) is 0 Å². The molecule has 16 nitrogen and oxygen atoms in total. The molecule has 0 aliphatic carbocycles. The van der Waals surface area contributed by atoms with Gasteiger partial charge >= 0.3 is 0 Å². The van der Waals surface area contributed by atoms with Crippen molar-refractivity contribution in [3.63, 3.8) is 0 Å². The van der Waals surface area contributed by atoms with E-state index in [4.69, 9.17) is 4.99 Å². The highest BCUT2D eigenvalue weighted by Crippen LogP contribution is 2.48. The summed E-state index contributed by atoms with van der Waals surface area (Å²) in [5, 5.41) is 13.8. The maximum absolute atomic E-state index is 12.5. The average Bonchev–Trinajstić information content (AvgIpc) is 3.66. The minimum atomic E-state index is -4.49. The number of anilines is 1. The van der Waals surface area contributed by atoms with Gasteiger partial charge in [-0.05, 0) is 97.3 Å². The van der Waals surface area contributed by atoms with E-state index in [1.165, 1.54) is 48.6 Å². The van der Waals surface area contributed by atoms with Crippen LogP contribution in [0.4, 0.5) is 11.4 Å². The van der Waals surface area contributed by atoms with Crippen molar-refractivity contribution in [2.45, 2.75) is 93.8 Å². The zero-order valence-electron chi connectivity index (χ0n) is 37.1. The van der Waals surface area contributed by atoms with Crippen molar-refractivity contribution < 1.29 is 45.2 Å². The molecule has 3 aromatic rings. The maximum atomic E-state index is 12.5. The van der Waals surface area contributed by atoms with E-state index in [9.17, 15) is 50.4 Å². The Balaban J connectivity index is 1.34. The van der Waals surface area contributed by atoms with Gasteiger partial charge in [0.05, 0.1) is 14.7 Å². The number of carbonyl (C=O) groups is 3. The molecule has 2 aliphatic heterocycles. The number of carbonyl (C=O) groups excluding carboxylic acids is 3. The summed E-state index contributed by atoms with van der Waals surface area (Å²) >= 11 is 0. The van der Waals surface area contributed by atoms with Crippen LogP contribution in [0.25, 0.3) is 0 Å². The molecule has 0 radical (unpaired) electrons. The monoisotopic (exact) mass is 929 g/mol. The van der Waals surface area contributed by atoms with Gasteiger partial charge < -0.3 is 10.2 Å². The van der Waals surface area contributed by atoms with Crippen LogP contribution in [0.1, 0.15) is 82.1 Å². The van der Waals surface area contributed by atoms with Crippen molar-refractivity contribution in [1.29, 1.82) is 0 Å². The molecule has 3 aromatic carbocycles. The normalized spacial score (nSPS) is 16.1. The topological polar surface area (TPSA) is 234 Å². The lowest BCUT2D eigenvalue weighted by Gasteiger charge is -2.28. The number of unbranched alkanes of at least 4 members (excludes halogenated alkanes) is 2. The molecule has 0 fully saturated rings. The highest BCUT2D eigenvalue weighted by molar-refractivity contribution is 7.86. The minimum absolute atomic E-state index is 0.00625. The summed E-state index contributed by atoms with van der Waals surface area (Å²) < 4.78 is 68.3. The first kappa shape index (κ1) is 49.9. The van der Waals surface area contributed by atoms with Gasteiger partial charge in [0, 0.05) is 84.8 Å². The van der Waals surface area contributed by atoms with E-state index in [2.05, 4.69) is 10.2 Å². The molecule has 0 bridgehead atoms.